The van der Waals surface area contributed by atoms with E-state index in [-0.39, 0.29) is 66.6 Å². The van der Waals surface area contributed by atoms with Gasteiger partial charge in [0.1, 0.15) is 59.9 Å². The first kappa shape index (κ1) is 61.9. The van der Waals surface area contributed by atoms with Gasteiger partial charge in [0.05, 0.1) is 66.6 Å². The SMILES string of the molecule is BrBr.C.O=C1C(Br)C[NH+]([O-])CC1Br.O=C1CC[NH+]([O-])CC1.O=[N+]([O-])OC1C[NH+]([O-])CC(O[N+](=O)[O-])C1O[N+](=O)[O-].[O-][NH+]1CC(Br)C(Br)C(Br)C1.[O-][NH+]1CC(O)C(O)C(O)C1. The summed E-state index contributed by atoms with van der Waals surface area (Å²) in [5, 5.41) is 107. The molecule has 0 aromatic rings. The number of aliphatic hydroxyl groups is 3. The average Bonchev–Trinajstić information content (AvgIpc) is 3.12. The van der Waals surface area contributed by atoms with Gasteiger partial charge in [-0.2, -0.15) is 0 Å². The van der Waals surface area contributed by atoms with E-state index in [0.717, 1.165) is 0 Å². The fourth-order valence-corrected chi connectivity index (χ4v) is 9.32. The minimum absolute atomic E-state index is 0. The number of nitrogens with zero attached hydrogens (tertiary/aromatic N) is 3. The molecular weight excluding hydrogens is 1290 g/mol. The van der Waals surface area contributed by atoms with Crippen molar-refractivity contribution in [2.24, 2.45) is 0 Å². The van der Waals surface area contributed by atoms with E-state index >= 15 is 0 Å². The Bertz CT molecular complexity index is 1200. The number of halogens is 7. The molecule has 34 heteroatoms. The molecule has 0 aliphatic carbocycles. The molecule has 0 radical (unpaired) electrons. The molecule has 0 amide bonds. The smallest absolute Gasteiger partial charge is 0.295 e. The molecule has 8 atom stereocenters. The summed E-state index contributed by atoms with van der Waals surface area (Å²) < 4.78 is 0. The normalized spacial score (nSPS) is 36.2. The van der Waals surface area contributed by atoms with Crippen molar-refractivity contribution in [1.29, 1.82) is 0 Å². The summed E-state index contributed by atoms with van der Waals surface area (Å²) in [6, 6.07) is 0. The molecule has 5 aliphatic heterocycles. The predicted molar refractivity (Wildman–Crippen MR) is 231 cm³/mol. The summed E-state index contributed by atoms with van der Waals surface area (Å²) >= 11 is 22.1. The van der Waals surface area contributed by atoms with Gasteiger partial charge in [-0.15, -0.1) is 30.3 Å². The largest absolute Gasteiger partial charge is 0.634 e. The number of hydrogen-bond donors (Lipinski definition) is 8. The van der Waals surface area contributed by atoms with Crippen molar-refractivity contribution in [1.82, 2.24) is 0 Å². The van der Waals surface area contributed by atoms with Gasteiger partial charge < -0.3 is 81.2 Å². The quantitative estimate of drug-likeness (QED) is 0.0533. The van der Waals surface area contributed by atoms with Crippen LogP contribution in [0.5, 0.6) is 0 Å². The molecule has 0 bridgehead atoms. The lowest BCUT2D eigenvalue weighted by Crippen LogP contribution is -3.12. The standard InChI is InChI=1S/C5H8Br3NO.C5H7Br2NO2.C5H8N4O10.C5H11NO4.C5H9NO2.CH4.Br2/c6-3-1-9(10)2-4(7)5(3)8;6-3-1-8(10)2-4(7)5(3)9;10-6-1-3(17-7(11)12)5(19-9(15)16)4(2-6)18-8(13)14;7-3-1-6(10)2-4(8)5(3)9;7-5-1-3-6(8)4-2-5;;1-2/h3-5,9H,1-2H2;3-4,8H,1-2H2;3-6H,1-2H2;3-9H,1-2H2;6H,1-4H2;1H4;. The van der Waals surface area contributed by atoms with Crippen LogP contribution >= 0.6 is 108 Å². The third-order valence-electron chi connectivity index (χ3n) is 8.24. The molecule has 0 saturated carbocycles. The van der Waals surface area contributed by atoms with Crippen LogP contribution in [-0.4, -0.2) is 168 Å². The Labute approximate surface area is 399 Å². The number of Topliss-reactive ketones (excluding diaryl/α,β-unsaturated/α-hetero) is 2. The first-order chi connectivity index (χ1) is 27.4. The fourth-order valence-electron chi connectivity index (χ4n) is 5.36. The first-order valence-corrected chi connectivity index (χ1v) is 25.2. The summed E-state index contributed by atoms with van der Waals surface area (Å²) in [6.45, 7) is 1.79. The summed E-state index contributed by atoms with van der Waals surface area (Å²) in [5.74, 6) is 0.323. The van der Waals surface area contributed by atoms with Gasteiger partial charge in [0.25, 0.3) is 15.3 Å². The number of quaternary nitrogens is 5. The lowest BCUT2D eigenvalue weighted by molar-refractivity contribution is -0.905. The number of alkyl halides is 5. The van der Waals surface area contributed by atoms with Gasteiger partial charge in [-0.05, 0) is 0 Å². The first-order valence-electron chi connectivity index (χ1n) is 16.9. The number of nitrogens with one attached hydrogen (secondary N) is 5. The molecule has 354 valence electrons. The number of carbonyl (C=O) groups is 2. The Hall–Kier alpha value is -0.220. The molecule has 27 nitrogen and oxygen atoms in total. The number of ketones is 2. The minimum Gasteiger partial charge on any atom is -0.634 e. The highest BCUT2D eigenvalue weighted by Crippen LogP contribution is 2.23. The van der Waals surface area contributed by atoms with E-state index in [0.29, 0.717) is 62.0 Å². The molecule has 0 spiro atoms. The van der Waals surface area contributed by atoms with E-state index in [1.54, 1.807) is 0 Å². The number of hydrogen-bond acceptors (Lipinski definition) is 19. The molecule has 0 aromatic carbocycles. The summed E-state index contributed by atoms with van der Waals surface area (Å²) in [5.41, 5.74) is 0. The second kappa shape index (κ2) is 32.4. The molecule has 0 aromatic heterocycles. The number of hydroxylamine groups is 10. The maximum atomic E-state index is 11.2. The third-order valence-corrected chi connectivity index (χ3v) is 14.3. The van der Waals surface area contributed by atoms with Crippen molar-refractivity contribution in [3.8, 4) is 0 Å². The summed E-state index contributed by atoms with van der Waals surface area (Å²) in [4.78, 5) is 64.8. The zero-order chi connectivity index (χ0) is 45.7. The number of rotatable bonds is 6. The van der Waals surface area contributed by atoms with Gasteiger partial charge in [-0.1, -0.05) is 87.1 Å². The van der Waals surface area contributed by atoms with Crippen LogP contribution in [0.15, 0.2) is 0 Å². The van der Waals surface area contributed by atoms with Crippen molar-refractivity contribution in [2.75, 3.05) is 65.4 Å². The summed E-state index contributed by atoms with van der Waals surface area (Å²) in [6.07, 6.45) is -7.40. The van der Waals surface area contributed by atoms with Gasteiger partial charge in [-0.3, -0.25) is 9.59 Å². The van der Waals surface area contributed by atoms with Crippen LogP contribution in [0, 0.1) is 56.4 Å². The highest BCUT2D eigenvalue weighted by molar-refractivity contribution is 9.93. The second-order valence-electron chi connectivity index (χ2n) is 12.8. The molecular formula is C26H47Br7N8O19. The van der Waals surface area contributed by atoms with Gasteiger partial charge in [0.2, 0.25) is 0 Å². The second-order valence-corrected chi connectivity index (χ2v) is 18.5. The van der Waals surface area contributed by atoms with E-state index in [1.807, 2.05) is 0 Å². The third kappa shape index (κ3) is 25.3. The van der Waals surface area contributed by atoms with Crippen LogP contribution in [0.1, 0.15) is 20.3 Å². The lowest BCUT2D eigenvalue weighted by Gasteiger charge is -2.38. The molecule has 5 fully saturated rings. The highest BCUT2D eigenvalue weighted by Gasteiger charge is 2.45. The van der Waals surface area contributed by atoms with Crippen molar-refractivity contribution in [3.05, 3.63) is 56.4 Å². The Balaban J connectivity index is 0. The van der Waals surface area contributed by atoms with Crippen molar-refractivity contribution in [2.45, 2.75) is 81.0 Å². The van der Waals surface area contributed by atoms with Gasteiger partial charge in [0, 0.05) is 28.3 Å². The van der Waals surface area contributed by atoms with Crippen LogP contribution < -0.4 is 25.3 Å². The zero-order valence-electron chi connectivity index (χ0n) is 30.2. The van der Waals surface area contributed by atoms with E-state index in [2.05, 4.69) is 122 Å². The minimum atomic E-state index is -1.75. The van der Waals surface area contributed by atoms with E-state index in [9.17, 15) is 66.0 Å². The Morgan fingerprint density at radius 3 is 1.23 bits per heavy atom. The maximum absolute atomic E-state index is 11.2. The molecule has 5 rings (SSSR count). The number of piperidine rings is 5. The molecule has 60 heavy (non-hydrogen) atoms. The fraction of sp³-hybridized carbons (Fsp3) is 0.923. The lowest BCUT2D eigenvalue weighted by atomic mass is 10.0. The Kier molecular flexibility index (Phi) is 33.4. The van der Waals surface area contributed by atoms with Crippen molar-refractivity contribution < 1.29 is 80.0 Å². The van der Waals surface area contributed by atoms with E-state index in [1.165, 1.54) is 0 Å². The van der Waals surface area contributed by atoms with Crippen LogP contribution in [0.25, 0.3) is 0 Å². The zero-order valence-corrected chi connectivity index (χ0v) is 41.3. The molecule has 8 N–H and O–H groups in total. The van der Waals surface area contributed by atoms with Crippen molar-refractivity contribution >= 4 is 119 Å². The average molecular weight is 1340 g/mol. The Morgan fingerprint density at radius 1 is 0.550 bits per heavy atom. The van der Waals surface area contributed by atoms with Gasteiger partial charge in [0.15, 0.2) is 24.1 Å². The topological polar surface area (TPSA) is 389 Å². The molecule has 5 heterocycles. The Morgan fingerprint density at radius 2 is 0.883 bits per heavy atom. The predicted octanol–water partition coefficient (Wildman–Crippen LogP) is -5.21. The highest BCUT2D eigenvalue weighted by atomic mass is 80.9. The van der Waals surface area contributed by atoms with E-state index < -0.39 is 70.0 Å². The van der Waals surface area contributed by atoms with Gasteiger partial charge in [-0.25, -0.2) is 0 Å². The van der Waals surface area contributed by atoms with Crippen LogP contribution in [0.2, 0.25) is 0 Å². The van der Waals surface area contributed by atoms with Crippen molar-refractivity contribution in [3.63, 3.8) is 0 Å². The van der Waals surface area contributed by atoms with Crippen LogP contribution in [-0.2, 0) is 24.1 Å². The van der Waals surface area contributed by atoms with Crippen LogP contribution in [0.4, 0.5) is 0 Å². The molecule has 8 unspecified atom stereocenters. The van der Waals surface area contributed by atoms with Gasteiger partial charge >= 0.3 is 0 Å². The number of carbonyl (C=O) groups excluding carboxylic acids is 2. The number of aliphatic hydroxyl groups excluding tert-OH is 3. The molecule has 5 saturated heterocycles. The monoisotopic (exact) mass is 1330 g/mol. The van der Waals surface area contributed by atoms with Crippen LogP contribution in [0.3, 0.4) is 0 Å². The maximum Gasteiger partial charge on any atom is 0.295 e. The van der Waals surface area contributed by atoms with E-state index in [4.69, 9.17) is 15.3 Å². The summed E-state index contributed by atoms with van der Waals surface area (Å²) in [7, 11) is 0. The molecule has 5 aliphatic rings.